The third-order valence-corrected chi connectivity index (χ3v) is 3.50. The molecule has 1 aromatic carbocycles. The molecule has 0 spiro atoms. The molecular weight excluding hydrogens is 240 g/mol. The van der Waals surface area contributed by atoms with Crippen molar-refractivity contribution in [3.63, 3.8) is 0 Å². The molecule has 4 nitrogen and oxygen atoms in total. The lowest BCUT2D eigenvalue weighted by atomic mass is 10.2. The van der Waals surface area contributed by atoms with Crippen LogP contribution >= 0.6 is 0 Å². The second-order valence-corrected chi connectivity index (χ2v) is 4.95. The van der Waals surface area contributed by atoms with Gasteiger partial charge in [0.05, 0.1) is 6.54 Å². The van der Waals surface area contributed by atoms with Crippen LogP contribution in [0.2, 0.25) is 0 Å². The first kappa shape index (κ1) is 12.4. The highest BCUT2D eigenvalue weighted by atomic mass is 16.3. The van der Waals surface area contributed by atoms with Crippen LogP contribution in [-0.2, 0) is 0 Å². The fourth-order valence-electron chi connectivity index (χ4n) is 2.46. The predicted molar refractivity (Wildman–Crippen MR) is 74.5 cm³/mol. The molecule has 2 aromatic rings. The van der Waals surface area contributed by atoms with E-state index >= 15 is 0 Å². The van der Waals surface area contributed by atoms with Crippen molar-refractivity contribution in [3.8, 4) is 0 Å². The Morgan fingerprint density at radius 2 is 2.16 bits per heavy atom. The van der Waals surface area contributed by atoms with Crippen LogP contribution in [0.4, 0.5) is 0 Å². The number of rotatable bonds is 3. The molecule has 1 N–H and O–H groups in total. The van der Waals surface area contributed by atoms with Crippen molar-refractivity contribution in [2.45, 2.75) is 6.42 Å². The molecule has 100 valence electrons. The van der Waals surface area contributed by atoms with Crippen molar-refractivity contribution in [3.05, 3.63) is 36.1 Å². The summed E-state index contributed by atoms with van der Waals surface area (Å²) in [7, 11) is 0. The number of Topliss-reactive ketones (excluding diaryl/α,β-unsaturated/α-hetero) is 1. The summed E-state index contributed by atoms with van der Waals surface area (Å²) in [4.78, 5) is 14.4. The summed E-state index contributed by atoms with van der Waals surface area (Å²) in [6.45, 7) is 4.33. The highest BCUT2D eigenvalue weighted by Gasteiger charge is 2.17. The monoisotopic (exact) mass is 258 g/mol. The number of ketones is 1. The van der Waals surface area contributed by atoms with Crippen molar-refractivity contribution in [1.82, 2.24) is 10.2 Å². The first-order valence-electron chi connectivity index (χ1n) is 6.78. The second-order valence-electron chi connectivity index (χ2n) is 4.95. The van der Waals surface area contributed by atoms with E-state index in [4.69, 9.17) is 4.42 Å². The molecule has 2 heterocycles. The minimum Gasteiger partial charge on any atom is -0.453 e. The Morgan fingerprint density at radius 1 is 1.26 bits per heavy atom. The molecule has 0 bridgehead atoms. The van der Waals surface area contributed by atoms with Gasteiger partial charge in [0, 0.05) is 18.5 Å². The molecule has 1 fully saturated rings. The van der Waals surface area contributed by atoms with Crippen LogP contribution in [0.25, 0.3) is 11.0 Å². The first-order chi connectivity index (χ1) is 9.33. The van der Waals surface area contributed by atoms with Crippen LogP contribution in [0, 0.1) is 0 Å². The molecule has 0 amide bonds. The maximum atomic E-state index is 12.2. The molecule has 1 aromatic heterocycles. The maximum Gasteiger partial charge on any atom is 0.211 e. The summed E-state index contributed by atoms with van der Waals surface area (Å²) in [5, 5.41) is 4.32. The predicted octanol–water partition coefficient (Wildman–Crippen LogP) is 1.91. The smallest absolute Gasteiger partial charge is 0.211 e. The van der Waals surface area contributed by atoms with Gasteiger partial charge in [-0.25, -0.2) is 0 Å². The Bertz CT molecular complexity index is 535. The number of nitrogens with one attached hydrogen (secondary N) is 1. The Kier molecular flexibility index (Phi) is 3.62. The van der Waals surface area contributed by atoms with Crippen molar-refractivity contribution >= 4 is 16.8 Å². The highest BCUT2D eigenvalue weighted by molar-refractivity contribution is 5.98. The van der Waals surface area contributed by atoms with Crippen LogP contribution in [0.3, 0.4) is 0 Å². The van der Waals surface area contributed by atoms with Gasteiger partial charge in [0.2, 0.25) is 5.78 Å². The van der Waals surface area contributed by atoms with E-state index in [0.717, 1.165) is 43.6 Å². The fraction of sp³-hybridized carbons (Fsp3) is 0.400. The van der Waals surface area contributed by atoms with Crippen molar-refractivity contribution in [2.24, 2.45) is 0 Å². The third-order valence-electron chi connectivity index (χ3n) is 3.50. The Hall–Kier alpha value is -1.65. The number of fused-ring (bicyclic) bond motifs is 1. The minimum atomic E-state index is 0.0677. The van der Waals surface area contributed by atoms with Crippen LogP contribution < -0.4 is 5.32 Å². The van der Waals surface area contributed by atoms with E-state index < -0.39 is 0 Å². The number of carbonyl (C=O) groups excluding carboxylic acids is 1. The van der Waals surface area contributed by atoms with Crippen molar-refractivity contribution in [2.75, 3.05) is 32.7 Å². The van der Waals surface area contributed by atoms with Crippen molar-refractivity contribution < 1.29 is 9.21 Å². The molecule has 0 aliphatic carbocycles. The van der Waals surface area contributed by atoms with E-state index in [2.05, 4.69) is 10.2 Å². The highest BCUT2D eigenvalue weighted by Crippen LogP contribution is 2.19. The molecule has 0 saturated carbocycles. The number of nitrogens with zero attached hydrogens (tertiary/aromatic N) is 1. The molecular formula is C15H18N2O2. The number of benzene rings is 1. The quantitative estimate of drug-likeness (QED) is 0.854. The largest absolute Gasteiger partial charge is 0.453 e. The Morgan fingerprint density at radius 3 is 3.05 bits per heavy atom. The normalized spacial score (nSPS) is 17.5. The number of para-hydroxylation sites is 1. The van der Waals surface area contributed by atoms with Gasteiger partial charge in [-0.15, -0.1) is 0 Å². The molecule has 0 unspecified atom stereocenters. The van der Waals surface area contributed by atoms with Gasteiger partial charge in [0.15, 0.2) is 5.76 Å². The fourth-order valence-corrected chi connectivity index (χ4v) is 2.46. The summed E-state index contributed by atoms with van der Waals surface area (Å²) in [6, 6.07) is 9.56. The number of hydrogen-bond acceptors (Lipinski definition) is 4. The molecule has 0 radical (unpaired) electrons. The zero-order valence-corrected chi connectivity index (χ0v) is 10.9. The maximum absolute atomic E-state index is 12.2. The van der Waals surface area contributed by atoms with E-state index in [1.54, 1.807) is 0 Å². The SMILES string of the molecule is O=C(CN1CCCNCC1)c1cc2ccccc2o1. The third kappa shape index (κ3) is 2.85. The average Bonchev–Trinajstić information content (AvgIpc) is 2.70. The van der Waals surface area contributed by atoms with Crippen LogP contribution in [0.15, 0.2) is 34.7 Å². The summed E-state index contributed by atoms with van der Waals surface area (Å²) >= 11 is 0. The minimum absolute atomic E-state index is 0.0677. The van der Waals surface area contributed by atoms with Gasteiger partial charge in [-0.05, 0) is 31.6 Å². The lowest BCUT2D eigenvalue weighted by Crippen LogP contribution is -2.32. The summed E-state index contributed by atoms with van der Waals surface area (Å²) in [5.41, 5.74) is 0.781. The summed E-state index contributed by atoms with van der Waals surface area (Å²) in [6.07, 6.45) is 1.09. The van der Waals surface area contributed by atoms with Gasteiger partial charge >= 0.3 is 0 Å². The molecule has 0 atom stereocenters. The second kappa shape index (κ2) is 5.55. The lowest BCUT2D eigenvalue weighted by molar-refractivity contribution is 0.0910. The van der Waals surface area contributed by atoms with Gasteiger partial charge in [-0.2, -0.15) is 0 Å². The lowest BCUT2D eigenvalue weighted by Gasteiger charge is -2.17. The summed E-state index contributed by atoms with van der Waals surface area (Å²) < 4.78 is 5.61. The van der Waals surface area contributed by atoms with E-state index in [9.17, 15) is 4.79 Å². The average molecular weight is 258 g/mol. The molecule has 1 aliphatic heterocycles. The van der Waals surface area contributed by atoms with Gasteiger partial charge in [-0.1, -0.05) is 18.2 Å². The zero-order valence-electron chi connectivity index (χ0n) is 10.9. The van der Waals surface area contributed by atoms with Crippen LogP contribution in [-0.4, -0.2) is 43.4 Å². The van der Waals surface area contributed by atoms with Gasteiger partial charge in [0.25, 0.3) is 0 Å². The van der Waals surface area contributed by atoms with E-state index in [-0.39, 0.29) is 5.78 Å². The molecule has 4 heteroatoms. The topological polar surface area (TPSA) is 45.5 Å². The van der Waals surface area contributed by atoms with Gasteiger partial charge in [0.1, 0.15) is 5.58 Å². The molecule has 1 saturated heterocycles. The van der Waals surface area contributed by atoms with E-state index in [0.29, 0.717) is 12.3 Å². The number of carbonyl (C=O) groups is 1. The summed E-state index contributed by atoms with van der Waals surface area (Å²) in [5.74, 6) is 0.538. The standard InChI is InChI=1S/C15H18N2O2/c18-13(11-17-8-3-6-16-7-9-17)15-10-12-4-1-2-5-14(12)19-15/h1-2,4-5,10,16H,3,6-9,11H2. The van der Waals surface area contributed by atoms with Gasteiger partial charge in [-0.3, -0.25) is 9.69 Å². The number of furan rings is 1. The van der Waals surface area contributed by atoms with Crippen LogP contribution in [0.1, 0.15) is 17.0 Å². The molecule has 3 rings (SSSR count). The van der Waals surface area contributed by atoms with E-state index in [1.807, 2.05) is 30.3 Å². The zero-order chi connectivity index (χ0) is 13.1. The van der Waals surface area contributed by atoms with Gasteiger partial charge < -0.3 is 9.73 Å². The Balaban J connectivity index is 1.72. The molecule has 19 heavy (non-hydrogen) atoms. The van der Waals surface area contributed by atoms with Crippen LogP contribution in [0.5, 0.6) is 0 Å². The Labute approximate surface area is 112 Å². The first-order valence-corrected chi connectivity index (χ1v) is 6.78. The molecule has 1 aliphatic rings. The van der Waals surface area contributed by atoms with Crippen molar-refractivity contribution in [1.29, 1.82) is 0 Å². The number of hydrogen-bond donors (Lipinski definition) is 1. The van der Waals surface area contributed by atoms with E-state index in [1.165, 1.54) is 0 Å².